The summed E-state index contributed by atoms with van der Waals surface area (Å²) in [6.45, 7) is 15.5. The lowest BCUT2D eigenvalue weighted by atomic mass is 9.89. The molecule has 1 atom stereocenters. The van der Waals surface area contributed by atoms with E-state index in [4.69, 9.17) is 14.5 Å². The average molecular weight is 518 g/mol. The third kappa shape index (κ3) is 9.63. The van der Waals surface area contributed by atoms with Crippen molar-refractivity contribution < 1.29 is 9.47 Å². The molecule has 0 radical (unpaired) electrons. The smallest absolute Gasteiger partial charge is 0.191 e. The van der Waals surface area contributed by atoms with Gasteiger partial charge in [-0.1, -0.05) is 45.0 Å². The van der Waals surface area contributed by atoms with Crippen molar-refractivity contribution in [3.63, 3.8) is 0 Å². The number of benzene rings is 1. The first-order valence-electron chi connectivity index (χ1n) is 10.3. The Bertz CT molecular complexity index is 596. The molecule has 7 heteroatoms. The molecule has 1 saturated heterocycles. The molecule has 1 aliphatic heterocycles. The van der Waals surface area contributed by atoms with E-state index in [0.717, 1.165) is 51.9 Å². The highest BCUT2D eigenvalue weighted by atomic mass is 127. The molecular weight excluding hydrogens is 479 g/mol. The molecule has 1 aromatic rings. The van der Waals surface area contributed by atoms with Gasteiger partial charge < -0.3 is 20.1 Å². The molecule has 1 heterocycles. The van der Waals surface area contributed by atoms with Crippen LogP contribution in [0.2, 0.25) is 0 Å². The molecule has 6 nitrogen and oxygen atoms in total. The van der Waals surface area contributed by atoms with Gasteiger partial charge in [-0.15, -0.1) is 24.0 Å². The Morgan fingerprint density at radius 3 is 2.31 bits per heavy atom. The van der Waals surface area contributed by atoms with Crippen molar-refractivity contribution in [1.82, 2.24) is 15.5 Å². The molecule has 1 aliphatic rings. The van der Waals surface area contributed by atoms with E-state index in [9.17, 15) is 0 Å². The van der Waals surface area contributed by atoms with Gasteiger partial charge in [0.1, 0.15) is 0 Å². The Kier molecular flexibility index (Phi) is 12.1. The van der Waals surface area contributed by atoms with Gasteiger partial charge in [-0.2, -0.15) is 0 Å². The van der Waals surface area contributed by atoms with E-state index in [0.29, 0.717) is 6.54 Å². The van der Waals surface area contributed by atoms with Crippen LogP contribution in [0, 0.1) is 5.41 Å². The van der Waals surface area contributed by atoms with Crippen LogP contribution in [0.4, 0.5) is 0 Å². The maximum absolute atomic E-state index is 5.62. The number of morpholine rings is 1. The third-order valence-electron chi connectivity index (χ3n) is 5.00. The van der Waals surface area contributed by atoms with Crippen LogP contribution in [0.3, 0.4) is 0 Å². The van der Waals surface area contributed by atoms with E-state index in [1.165, 1.54) is 11.1 Å². The summed E-state index contributed by atoms with van der Waals surface area (Å²) in [6, 6.07) is 8.77. The lowest BCUT2D eigenvalue weighted by Crippen LogP contribution is -2.45. The average Bonchev–Trinajstić information content (AvgIpc) is 2.67. The minimum Gasteiger partial charge on any atom is -0.379 e. The standard InChI is InChI=1S/C22H38N4O2.HI/c1-6-23-21(25-16-20(27-5)22(2,3)4)24-15-18-7-9-19(10-8-18)17-26-11-13-28-14-12-26;/h7-10,20H,6,11-17H2,1-5H3,(H2,23,24,25);1H. The predicted molar refractivity (Wildman–Crippen MR) is 131 cm³/mol. The summed E-state index contributed by atoms with van der Waals surface area (Å²) in [5, 5.41) is 6.72. The Labute approximate surface area is 193 Å². The summed E-state index contributed by atoms with van der Waals surface area (Å²) in [5.41, 5.74) is 2.63. The second-order valence-electron chi connectivity index (χ2n) is 8.37. The molecule has 29 heavy (non-hydrogen) atoms. The molecule has 1 aromatic carbocycles. The molecule has 0 amide bonds. The summed E-state index contributed by atoms with van der Waals surface area (Å²) in [7, 11) is 1.76. The van der Waals surface area contributed by atoms with Gasteiger partial charge in [0.05, 0.1) is 25.9 Å². The largest absolute Gasteiger partial charge is 0.379 e. The fraction of sp³-hybridized carbons (Fsp3) is 0.682. The molecule has 2 rings (SSSR count). The normalized spacial score (nSPS) is 16.8. The zero-order valence-corrected chi connectivity index (χ0v) is 21.0. The zero-order valence-electron chi connectivity index (χ0n) is 18.7. The van der Waals surface area contributed by atoms with E-state index in [2.05, 4.69) is 67.5 Å². The van der Waals surface area contributed by atoms with Crippen LogP contribution in [0.5, 0.6) is 0 Å². The quantitative estimate of drug-likeness (QED) is 0.315. The fourth-order valence-electron chi connectivity index (χ4n) is 3.21. The van der Waals surface area contributed by atoms with Crippen LogP contribution >= 0.6 is 24.0 Å². The molecule has 0 spiro atoms. The second-order valence-corrected chi connectivity index (χ2v) is 8.37. The number of guanidine groups is 1. The van der Waals surface area contributed by atoms with Crippen molar-refractivity contribution in [3.05, 3.63) is 35.4 Å². The van der Waals surface area contributed by atoms with Crippen molar-refractivity contribution in [1.29, 1.82) is 0 Å². The van der Waals surface area contributed by atoms with Crippen molar-refractivity contribution in [2.45, 2.75) is 46.9 Å². The summed E-state index contributed by atoms with van der Waals surface area (Å²) in [5.74, 6) is 0.825. The number of hydrogen-bond acceptors (Lipinski definition) is 4. The topological polar surface area (TPSA) is 58.1 Å². The fourth-order valence-corrected chi connectivity index (χ4v) is 3.21. The molecule has 166 valence electrons. The molecular formula is C22H39IN4O2. The lowest BCUT2D eigenvalue weighted by Gasteiger charge is -2.30. The molecule has 0 saturated carbocycles. The highest BCUT2D eigenvalue weighted by molar-refractivity contribution is 14.0. The minimum atomic E-state index is 0. The summed E-state index contributed by atoms with van der Waals surface area (Å²) >= 11 is 0. The number of hydrogen-bond donors (Lipinski definition) is 2. The first-order valence-corrected chi connectivity index (χ1v) is 10.3. The minimum absolute atomic E-state index is 0. The number of halogens is 1. The van der Waals surface area contributed by atoms with E-state index < -0.39 is 0 Å². The Morgan fingerprint density at radius 2 is 1.76 bits per heavy atom. The van der Waals surface area contributed by atoms with E-state index in [1.807, 2.05) is 0 Å². The van der Waals surface area contributed by atoms with Crippen LogP contribution in [-0.2, 0) is 22.6 Å². The van der Waals surface area contributed by atoms with Crippen molar-refractivity contribution in [2.24, 2.45) is 10.4 Å². The summed E-state index contributed by atoms with van der Waals surface area (Å²) in [6.07, 6.45) is 0.121. The van der Waals surface area contributed by atoms with Gasteiger partial charge in [-0.25, -0.2) is 4.99 Å². The summed E-state index contributed by atoms with van der Waals surface area (Å²) in [4.78, 5) is 7.17. The van der Waals surface area contributed by atoms with Crippen molar-refractivity contribution in [2.75, 3.05) is 46.5 Å². The lowest BCUT2D eigenvalue weighted by molar-refractivity contribution is 0.0205. The molecule has 1 fully saturated rings. The van der Waals surface area contributed by atoms with Gasteiger partial charge >= 0.3 is 0 Å². The van der Waals surface area contributed by atoms with Gasteiger partial charge in [-0.05, 0) is 23.5 Å². The summed E-state index contributed by atoms with van der Waals surface area (Å²) < 4.78 is 11.0. The Hall–Kier alpha value is -0.900. The maximum Gasteiger partial charge on any atom is 0.191 e. The molecule has 0 bridgehead atoms. The highest BCUT2D eigenvalue weighted by Gasteiger charge is 2.24. The monoisotopic (exact) mass is 518 g/mol. The number of aliphatic imine (C=N–C) groups is 1. The van der Waals surface area contributed by atoms with Gasteiger partial charge in [0, 0.05) is 39.8 Å². The van der Waals surface area contributed by atoms with Crippen LogP contribution in [0.1, 0.15) is 38.8 Å². The Balaban J connectivity index is 0.00000420. The first kappa shape index (κ1) is 26.1. The third-order valence-corrected chi connectivity index (χ3v) is 5.00. The van der Waals surface area contributed by atoms with Crippen LogP contribution in [0.15, 0.2) is 29.3 Å². The second kappa shape index (κ2) is 13.4. The van der Waals surface area contributed by atoms with Gasteiger partial charge in [0.2, 0.25) is 0 Å². The van der Waals surface area contributed by atoms with Gasteiger partial charge in [0.15, 0.2) is 5.96 Å². The van der Waals surface area contributed by atoms with E-state index in [1.54, 1.807) is 7.11 Å². The molecule has 0 aliphatic carbocycles. The van der Waals surface area contributed by atoms with Crippen LogP contribution in [0.25, 0.3) is 0 Å². The van der Waals surface area contributed by atoms with Gasteiger partial charge in [0.25, 0.3) is 0 Å². The van der Waals surface area contributed by atoms with Crippen LogP contribution in [-0.4, -0.2) is 63.5 Å². The molecule has 1 unspecified atom stereocenters. The first-order chi connectivity index (χ1) is 13.4. The maximum atomic E-state index is 5.62. The highest BCUT2D eigenvalue weighted by Crippen LogP contribution is 2.20. The van der Waals surface area contributed by atoms with E-state index >= 15 is 0 Å². The van der Waals surface area contributed by atoms with Crippen molar-refractivity contribution in [3.8, 4) is 0 Å². The van der Waals surface area contributed by atoms with Crippen molar-refractivity contribution >= 4 is 29.9 Å². The number of rotatable bonds is 8. The molecule has 0 aromatic heterocycles. The Morgan fingerprint density at radius 1 is 1.14 bits per heavy atom. The SMILES string of the molecule is CCNC(=NCc1ccc(CN2CCOCC2)cc1)NCC(OC)C(C)(C)C.I. The van der Waals surface area contributed by atoms with E-state index in [-0.39, 0.29) is 35.5 Å². The number of ether oxygens (including phenoxy) is 2. The number of methoxy groups -OCH3 is 1. The number of nitrogens with zero attached hydrogens (tertiary/aromatic N) is 2. The van der Waals surface area contributed by atoms with Crippen LogP contribution < -0.4 is 10.6 Å². The zero-order chi connectivity index (χ0) is 20.4. The van der Waals surface area contributed by atoms with Gasteiger partial charge in [-0.3, -0.25) is 4.90 Å². The molecule has 2 N–H and O–H groups in total. The predicted octanol–water partition coefficient (Wildman–Crippen LogP) is 3.25. The number of nitrogens with one attached hydrogen (secondary N) is 2.